The Labute approximate surface area is 94.0 Å². The first-order chi connectivity index (χ1) is 7.30. The summed E-state index contributed by atoms with van der Waals surface area (Å²) >= 11 is 1.51. The van der Waals surface area contributed by atoms with Crippen LogP contribution in [0.4, 0.5) is 0 Å². The fourth-order valence-corrected chi connectivity index (χ4v) is 1.49. The lowest BCUT2D eigenvalue weighted by Gasteiger charge is -2.14. The SMILES string of the molecule is CCOC(Cc1nc(SC)n[nH]1)OCC. The molecule has 0 atom stereocenters. The summed E-state index contributed by atoms with van der Waals surface area (Å²) < 4.78 is 10.8. The van der Waals surface area contributed by atoms with Gasteiger partial charge >= 0.3 is 0 Å². The standard InChI is InChI=1S/C9H17N3O2S/c1-4-13-8(14-5-2)6-7-10-9(15-3)12-11-7/h8H,4-6H2,1-3H3,(H,10,11,12). The van der Waals surface area contributed by atoms with Crippen LogP contribution in [0.1, 0.15) is 19.7 Å². The van der Waals surface area contributed by atoms with Crippen LogP contribution in [0.3, 0.4) is 0 Å². The average molecular weight is 231 g/mol. The summed E-state index contributed by atoms with van der Waals surface area (Å²) in [5.41, 5.74) is 0. The van der Waals surface area contributed by atoms with Crippen LogP contribution in [0.15, 0.2) is 5.16 Å². The number of aromatic amines is 1. The van der Waals surface area contributed by atoms with Gasteiger partial charge in [0.25, 0.3) is 0 Å². The predicted octanol–water partition coefficient (Wildman–Crippen LogP) is 1.47. The number of H-pyrrole nitrogens is 1. The average Bonchev–Trinajstić information content (AvgIpc) is 2.66. The van der Waals surface area contributed by atoms with Crippen molar-refractivity contribution in [2.45, 2.75) is 31.7 Å². The second-order valence-corrected chi connectivity index (χ2v) is 3.59. The van der Waals surface area contributed by atoms with Crippen molar-refractivity contribution in [3.8, 4) is 0 Å². The van der Waals surface area contributed by atoms with Crippen molar-refractivity contribution in [2.24, 2.45) is 0 Å². The lowest BCUT2D eigenvalue weighted by atomic mass is 10.4. The van der Waals surface area contributed by atoms with E-state index in [-0.39, 0.29) is 6.29 Å². The van der Waals surface area contributed by atoms with Crippen LogP contribution in [0.25, 0.3) is 0 Å². The third-order valence-electron chi connectivity index (χ3n) is 1.76. The monoisotopic (exact) mass is 231 g/mol. The molecule has 0 aliphatic heterocycles. The van der Waals surface area contributed by atoms with E-state index in [4.69, 9.17) is 9.47 Å². The lowest BCUT2D eigenvalue weighted by molar-refractivity contribution is -0.135. The van der Waals surface area contributed by atoms with Gasteiger partial charge in [0, 0.05) is 13.2 Å². The summed E-state index contributed by atoms with van der Waals surface area (Å²) in [6.45, 7) is 5.15. The molecule has 1 aromatic rings. The summed E-state index contributed by atoms with van der Waals surface area (Å²) in [6, 6.07) is 0. The molecule has 0 bridgehead atoms. The molecule has 0 aliphatic rings. The van der Waals surface area contributed by atoms with Crippen LogP contribution in [-0.4, -0.2) is 40.9 Å². The van der Waals surface area contributed by atoms with Gasteiger partial charge in [-0.25, -0.2) is 4.98 Å². The van der Waals surface area contributed by atoms with Gasteiger partial charge in [-0.3, -0.25) is 5.10 Å². The minimum Gasteiger partial charge on any atom is -0.352 e. The second kappa shape index (κ2) is 6.81. The van der Waals surface area contributed by atoms with Crippen LogP contribution >= 0.6 is 11.8 Å². The molecule has 86 valence electrons. The van der Waals surface area contributed by atoms with Gasteiger partial charge < -0.3 is 9.47 Å². The maximum absolute atomic E-state index is 5.41. The number of rotatable bonds is 7. The Morgan fingerprint density at radius 1 is 1.33 bits per heavy atom. The number of nitrogens with zero attached hydrogens (tertiary/aromatic N) is 2. The van der Waals surface area contributed by atoms with Crippen LogP contribution in [-0.2, 0) is 15.9 Å². The highest BCUT2D eigenvalue weighted by atomic mass is 32.2. The molecule has 0 spiro atoms. The molecule has 1 heterocycles. The molecule has 0 radical (unpaired) electrons. The zero-order valence-electron chi connectivity index (χ0n) is 9.32. The van der Waals surface area contributed by atoms with Gasteiger partial charge in [0.15, 0.2) is 6.29 Å². The van der Waals surface area contributed by atoms with Gasteiger partial charge in [0.1, 0.15) is 5.82 Å². The minimum absolute atomic E-state index is 0.234. The third kappa shape index (κ3) is 4.19. The van der Waals surface area contributed by atoms with E-state index in [0.717, 1.165) is 11.0 Å². The number of hydrogen-bond acceptors (Lipinski definition) is 5. The highest BCUT2D eigenvalue weighted by molar-refractivity contribution is 7.98. The summed E-state index contributed by atoms with van der Waals surface area (Å²) in [6.07, 6.45) is 2.31. The number of hydrogen-bond donors (Lipinski definition) is 1. The van der Waals surface area contributed by atoms with Crippen molar-refractivity contribution in [1.82, 2.24) is 15.2 Å². The number of nitrogens with one attached hydrogen (secondary N) is 1. The van der Waals surface area contributed by atoms with Crippen LogP contribution < -0.4 is 0 Å². The molecular formula is C9H17N3O2S. The molecule has 0 saturated heterocycles. The Morgan fingerprint density at radius 2 is 2.00 bits per heavy atom. The maximum atomic E-state index is 5.41. The van der Waals surface area contributed by atoms with Crippen molar-refractivity contribution in [2.75, 3.05) is 19.5 Å². The van der Waals surface area contributed by atoms with Crippen molar-refractivity contribution in [1.29, 1.82) is 0 Å². The summed E-state index contributed by atoms with van der Waals surface area (Å²) in [4.78, 5) is 4.27. The van der Waals surface area contributed by atoms with Crippen LogP contribution in [0, 0.1) is 0 Å². The van der Waals surface area contributed by atoms with E-state index in [0.29, 0.717) is 19.6 Å². The molecule has 0 fully saturated rings. The van der Waals surface area contributed by atoms with E-state index >= 15 is 0 Å². The molecule has 0 amide bonds. The molecule has 0 aromatic carbocycles. The zero-order valence-corrected chi connectivity index (χ0v) is 10.1. The van der Waals surface area contributed by atoms with Gasteiger partial charge in [0.05, 0.1) is 6.42 Å². The summed E-state index contributed by atoms with van der Waals surface area (Å²) in [7, 11) is 0. The van der Waals surface area contributed by atoms with Gasteiger partial charge in [-0.1, -0.05) is 11.8 Å². The maximum Gasteiger partial charge on any atom is 0.208 e. The smallest absolute Gasteiger partial charge is 0.208 e. The van der Waals surface area contributed by atoms with Crippen LogP contribution in [0.2, 0.25) is 0 Å². The van der Waals surface area contributed by atoms with Crippen molar-refractivity contribution < 1.29 is 9.47 Å². The highest BCUT2D eigenvalue weighted by Gasteiger charge is 2.12. The van der Waals surface area contributed by atoms with E-state index in [1.165, 1.54) is 11.8 Å². The minimum atomic E-state index is -0.234. The van der Waals surface area contributed by atoms with Gasteiger partial charge in [-0.2, -0.15) is 0 Å². The molecule has 5 nitrogen and oxygen atoms in total. The molecule has 1 aromatic heterocycles. The molecule has 0 saturated carbocycles. The van der Waals surface area contributed by atoms with Gasteiger partial charge in [-0.15, -0.1) is 5.10 Å². The Morgan fingerprint density at radius 3 is 2.47 bits per heavy atom. The van der Waals surface area contributed by atoms with E-state index in [2.05, 4.69) is 15.2 Å². The van der Waals surface area contributed by atoms with E-state index in [1.807, 2.05) is 20.1 Å². The predicted molar refractivity (Wildman–Crippen MR) is 58.9 cm³/mol. The largest absolute Gasteiger partial charge is 0.352 e. The van der Waals surface area contributed by atoms with E-state index < -0.39 is 0 Å². The van der Waals surface area contributed by atoms with E-state index in [1.54, 1.807) is 0 Å². The molecule has 0 aliphatic carbocycles. The lowest BCUT2D eigenvalue weighted by Crippen LogP contribution is -2.20. The molecular weight excluding hydrogens is 214 g/mol. The van der Waals surface area contributed by atoms with Gasteiger partial charge in [0.2, 0.25) is 5.16 Å². The quantitative estimate of drug-likeness (QED) is 0.569. The first kappa shape index (κ1) is 12.5. The third-order valence-corrected chi connectivity index (χ3v) is 2.31. The normalized spacial score (nSPS) is 11.2. The Hall–Kier alpha value is -0.590. The number of ether oxygens (including phenoxy) is 2. The molecule has 1 rings (SSSR count). The Bertz CT molecular complexity index is 274. The zero-order chi connectivity index (χ0) is 11.1. The van der Waals surface area contributed by atoms with Crippen molar-refractivity contribution in [3.63, 3.8) is 0 Å². The first-order valence-corrected chi connectivity index (χ1v) is 6.21. The molecule has 0 unspecified atom stereocenters. The van der Waals surface area contributed by atoms with E-state index in [9.17, 15) is 0 Å². The Kier molecular flexibility index (Phi) is 5.67. The fourth-order valence-electron chi connectivity index (χ4n) is 1.16. The number of aromatic nitrogens is 3. The Balaban J connectivity index is 2.48. The van der Waals surface area contributed by atoms with Crippen molar-refractivity contribution >= 4 is 11.8 Å². The topological polar surface area (TPSA) is 60.0 Å². The highest BCUT2D eigenvalue weighted by Crippen LogP contribution is 2.09. The number of thioether (sulfide) groups is 1. The fraction of sp³-hybridized carbons (Fsp3) is 0.778. The summed E-state index contributed by atoms with van der Waals surface area (Å²) in [5.74, 6) is 0.797. The molecule has 6 heteroatoms. The van der Waals surface area contributed by atoms with Gasteiger partial charge in [-0.05, 0) is 20.1 Å². The molecule has 1 N–H and O–H groups in total. The molecule has 15 heavy (non-hydrogen) atoms. The second-order valence-electron chi connectivity index (χ2n) is 2.81. The first-order valence-electron chi connectivity index (χ1n) is 4.98. The van der Waals surface area contributed by atoms with Crippen molar-refractivity contribution in [3.05, 3.63) is 5.82 Å². The summed E-state index contributed by atoms with van der Waals surface area (Å²) in [5, 5.41) is 7.63. The van der Waals surface area contributed by atoms with Crippen LogP contribution in [0.5, 0.6) is 0 Å².